The van der Waals surface area contributed by atoms with Crippen molar-refractivity contribution in [3.63, 3.8) is 0 Å². The Bertz CT molecular complexity index is 753. The van der Waals surface area contributed by atoms with Crippen molar-refractivity contribution in [1.29, 1.82) is 0 Å². The number of aromatic nitrogens is 1. The lowest BCUT2D eigenvalue weighted by Gasteiger charge is -2.17. The van der Waals surface area contributed by atoms with Crippen LogP contribution in [-0.2, 0) is 6.54 Å². The van der Waals surface area contributed by atoms with Crippen LogP contribution in [-0.4, -0.2) is 18.3 Å². The van der Waals surface area contributed by atoms with Crippen LogP contribution < -0.4 is 20.8 Å². The quantitative estimate of drug-likeness (QED) is 0.513. The van der Waals surface area contributed by atoms with Crippen molar-refractivity contribution in [2.45, 2.75) is 58.9 Å². The lowest BCUT2D eigenvalue weighted by Crippen LogP contribution is -2.24. The lowest BCUT2D eigenvalue weighted by atomic mass is 10.1. The molecule has 1 aromatic heterocycles. The summed E-state index contributed by atoms with van der Waals surface area (Å²) in [6.45, 7) is 5.45. The van der Waals surface area contributed by atoms with Crippen LogP contribution in [0.25, 0.3) is 10.9 Å². The molecule has 0 saturated carbocycles. The third-order valence-electron chi connectivity index (χ3n) is 4.39. The van der Waals surface area contributed by atoms with Crippen molar-refractivity contribution >= 4 is 16.6 Å². The van der Waals surface area contributed by atoms with Gasteiger partial charge in [-0.25, -0.2) is 0 Å². The predicted octanol–water partition coefficient (Wildman–Crippen LogP) is 4.35. The van der Waals surface area contributed by atoms with Crippen LogP contribution in [0.15, 0.2) is 23.0 Å². The summed E-state index contributed by atoms with van der Waals surface area (Å²) in [5, 5.41) is 0.857. The van der Waals surface area contributed by atoms with Gasteiger partial charge in [-0.05, 0) is 31.0 Å². The van der Waals surface area contributed by atoms with Gasteiger partial charge < -0.3 is 19.8 Å². The summed E-state index contributed by atoms with van der Waals surface area (Å²) < 4.78 is 13.2. The van der Waals surface area contributed by atoms with Crippen molar-refractivity contribution in [2.24, 2.45) is 0 Å². The standard InChI is InChI=1S/C20H30N2O3/c1-4-6-8-9-13-25-19-18(24-3)16-11-10-15(21)14-17(16)22(20(19)23)12-7-5-2/h10-11,14H,4-9,12-13,21H2,1-3H3. The van der Waals surface area contributed by atoms with Crippen molar-refractivity contribution in [1.82, 2.24) is 4.57 Å². The minimum Gasteiger partial charge on any atom is -0.492 e. The second-order valence-electron chi connectivity index (χ2n) is 6.36. The molecule has 0 aliphatic rings. The topological polar surface area (TPSA) is 66.5 Å². The number of fused-ring (bicyclic) bond motifs is 1. The number of nitrogen functional groups attached to an aromatic ring is 1. The molecule has 0 spiro atoms. The van der Waals surface area contributed by atoms with Crippen molar-refractivity contribution in [2.75, 3.05) is 19.5 Å². The Morgan fingerprint density at radius 3 is 2.48 bits per heavy atom. The van der Waals surface area contributed by atoms with E-state index < -0.39 is 0 Å². The Labute approximate surface area is 149 Å². The highest BCUT2D eigenvalue weighted by Gasteiger charge is 2.19. The van der Waals surface area contributed by atoms with E-state index in [0.717, 1.165) is 36.6 Å². The van der Waals surface area contributed by atoms with Crippen LogP contribution in [0, 0.1) is 0 Å². The number of nitrogens with zero attached hydrogens (tertiary/aromatic N) is 1. The first-order chi connectivity index (χ1) is 12.1. The fourth-order valence-electron chi connectivity index (χ4n) is 2.99. The van der Waals surface area contributed by atoms with E-state index in [0.29, 0.717) is 30.3 Å². The van der Waals surface area contributed by atoms with E-state index in [1.54, 1.807) is 11.7 Å². The third-order valence-corrected chi connectivity index (χ3v) is 4.39. The van der Waals surface area contributed by atoms with Gasteiger partial charge in [-0.15, -0.1) is 0 Å². The van der Waals surface area contributed by atoms with E-state index in [-0.39, 0.29) is 5.56 Å². The molecule has 25 heavy (non-hydrogen) atoms. The first-order valence-electron chi connectivity index (χ1n) is 9.26. The molecule has 2 aromatic rings. The molecule has 0 atom stereocenters. The molecule has 2 N–H and O–H groups in total. The van der Waals surface area contributed by atoms with Crippen molar-refractivity contribution < 1.29 is 9.47 Å². The SMILES string of the molecule is CCCCCCOc1c(OC)c2ccc(N)cc2n(CCCC)c1=O. The second-order valence-corrected chi connectivity index (χ2v) is 6.36. The number of methoxy groups -OCH3 is 1. The highest BCUT2D eigenvalue weighted by atomic mass is 16.5. The van der Waals surface area contributed by atoms with Gasteiger partial charge >= 0.3 is 0 Å². The highest BCUT2D eigenvalue weighted by molar-refractivity contribution is 5.90. The zero-order valence-corrected chi connectivity index (χ0v) is 15.6. The van der Waals surface area contributed by atoms with Crippen LogP contribution in [0.5, 0.6) is 11.5 Å². The van der Waals surface area contributed by atoms with Gasteiger partial charge in [-0.2, -0.15) is 0 Å². The van der Waals surface area contributed by atoms with Crippen molar-refractivity contribution in [3.05, 3.63) is 28.6 Å². The van der Waals surface area contributed by atoms with E-state index >= 15 is 0 Å². The minimum atomic E-state index is -0.140. The van der Waals surface area contributed by atoms with Gasteiger partial charge in [-0.1, -0.05) is 39.5 Å². The summed E-state index contributed by atoms with van der Waals surface area (Å²) in [4.78, 5) is 13.0. The highest BCUT2D eigenvalue weighted by Crippen LogP contribution is 2.33. The van der Waals surface area contributed by atoms with E-state index in [1.807, 2.05) is 18.2 Å². The fraction of sp³-hybridized carbons (Fsp3) is 0.550. The summed E-state index contributed by atoms with van der Waals surface area (Å²) >= 11 is 0. The van der Waals surface area contributed by atoms with Crippen LogP contribution in [0.4, 0.5) is 5.69 Å². The van der Waals surface area contributed by atoms with Gasteiger partial charge in [0, 0.05) is 17.6 Å². The molecule has 2 rings (SSSR count). The van der Waals surface area contributed by atoms with Gasteiger partial charge in [0.2, 0.25) is 5.75 Å². The van der Waals surface area contributed by atoms with Gasteiger partial charge in [0.25, 0.3) is 5.56 Å². The Morgan fingerprint density at radius 2 is 1.80 bits per heavy atom. The van der Waals surface area contributed by atoms with Crippen LogP contribution >= 0.6 is 0 Å². The Balaban J connectivity index is 2.46. The van der Waals surface area contributed by atoms with Gasteiger partial charge in [-0.3, -0.25) is 4.79 Å². The maximum absolute atomic E-state index is 13.0. The molecular formula is C20H30N2O3. The zero-order chi connectivity index (χ0) is 18.2. The number of benzene rings is 1. The average Bonchev–Trinajstić information content (AvgIpc) is 2.61. The lowest BCUT2D eigenvalue weighted by molar-refractivity contribution is 0.280. The maximum Gasteiger partial charge on any atom is 0.297 e. The van der Waals surface area contributed by atoms with Crippen molar-refractivity contribution in [3.8, 4) is 11.5 Å². The monoisotopic (exact) mass is 346 g/mol. The molecule has 0 aliphatic heterocycles. The van der Waals surface area contributed by atoms with Gasteiger partial charge in [0.05, 0.1) is 19.2 Å². The number of nitrogens with two attached hydrogens (primary N) is 1. The molecule has 5 nitrogen and oxygen atoms in total. The van der Waals surface area contributed by atoms with Crippen LogP contribution in [0.3, 0.4) is 0 Å². The molecule has 0 unspecified atom stereocenters. The minimum absolute atomic E-state index is 0.140. The molecule has 0 radical (unpaired) electrons. The number of hydrogen-bond acceptors (Lipinski definition) is 4. The normalized spacial score (nSPS) is 11.0. The number of rotatable bonds is 10. The fourth-order valence-corrected chi connectivity index (χ4v) is 2.99. The number of pyridine rings is 1. The molecule has 0 amide bonds. The number of aryl methyl sites for hydroxylation is 1. The second kappa shape index (κ2) is 9.35. The molecule has 138 valence electrons. The smallest absolute Gasteiger partial charge is 0.297 e. The molecular weight excluding hydrogens is 316 g/mol. The van der Waals surface area contributed by atoms with E-state index in [1.165, 1.54) is 12.8 Å². The van der Waals surface area contributed by atoms with Crippen LogP contribution in [0.1, 0.15) is 52.4 Å². The number of unbranched alkanes of at least 4 members (excludes halogenated alkanes) is 4. The zero-order valence-electron chi connectivity index (χ0n) is 15.6. The average molecular weight is 346 g/mol. The first kappa shape index (κ1) is 19.2. The van der Waals surface area contributed by atoms with E-state index in [9.17, 15) is 4.79 Å². The molecule has 0 saturated heterocycles. The summed E-state index contributed by atoms with van der Waals surface area (Å²) in [5.74, 6) is 0.815. The molecule has 0 bridgehead atoms. The van der Waals surface area contributed by atoms with Crippen LogP contribution in [0.2, 0.25) is 0 Å². The molecule has 1 heterocycles. The molecule has 1 aromatic carbocycles. The number of anilines is 1. The third kappa shape index (κ3) is 4.47. The Kier molecular flexibility index (Phi) is 7.16. The summed E-state index contributed by atoms with van der Waals surface area (Å²) in [6.07, 6.45) is 6.32. The Hall–Kier alpha value is -2.17. The van der Waals surface area contributed by atoms with E-state index in [4.69, 9.17) is 15.2 Å². The van der Waals surface area contributed by atoms with E-state index in [2.05, 4.69) is 13.8 Å². The number of ether oxygens (including phenoxy) is 2. The van der Waals surface area contributed by atoms with Gasteiger partial charge in [0.1, 0.15) is 0 Å². The Morgan fingerprint density at radius 1 is 1.04 bits per heavy atom. The number of hydrogen-bond donors (Lipinski definition) is 1. The summed E-state index contributed by atoms with van der Waals surface area (Å²) in [5.41, 5.74) is 7.23. The maximum atomic E-state index is 13.0. The summed E-state index contributed by atoms with van der Waals surface area (Å²) in [7, 11) is 1.57. The molecule has 0 aliphatic carbocycles. The predicted molar refractivity (Wildman–Crippen MR) is 104 cm³/mol. The first-order valence-corrected chi connectivity index (χ1v) is 9.26. The molecule has 5 heteroatoms. The van der Waals surface area contributed by atoms with Gasteiger partial charge in [0.15, 0.2) is 5.75 Å². The summed E-state index contributed by atoms with van der Waals surface area (Å²) in [6, 6.07) is 5.56. The molecule has 0 fully saturated rings. The largest absolute Gasteiger partial charge is 0.492 e.